The van der Waals surface area contributed by atoms with Gasteiger partial charge in [-0.3, -0.25) is 14.6 Å². The largest absolute Gasteiger partial charge is 0.493 e. The summed E-state index contributed by atoms with van der Waals surface area (Å²) in [5.41, 5.74) is -0.203. The van der Waals surface area contributed by atoms with Crippen LogP contribution in [-0.2, 0) is 7.05 Å². The summed E-state index contributed by atoms with van der Waals surface area (Å²) in [6, 6.07) is 15.7. The molecule has 0 aliphatic carbocycles. The number of methoxy groups -OCH3 is 2. The summed E-state index contributed by atoms with van der Waals surface area (Å²) in [6.07, 6.45) is 2.73. The number of anilines is 1. The second-order valence-electron chi connectivity index (χ2n) is 9.06. The Morgan fingerprint density at radius 2 is 1.67 bits per heavy atom. The molecule has 0 atom stereocenters. The van der Waals surface area contributed by atoms with Gasteiger partial charge in [-0.05, 0) is 42.0 Å². The molecule has 0 aliphatic rings. The topological polar surface area (TPSA) is 115 Å². The van der Waals surface area contributed by atoms with E-state index >= 15 is 4.39 Å². The molecular formula is C31H22F2N4O5. The Hall–Kier alpha value is -5.76. The quantitative estimate of drug-likeness (QED) is 0.263. The number of aryl methyl sites for hydroxylation is 1. The number of nitrogens with zero attached hydrogens (tertiary/aromatic N) is 3. The van der Waals surface area contributed by atoms with Crippen LogP contribution in [0.3, 0.4) is 0 Å². The van der Waals surface area contributed by atoms with Crippen LogP contribution < -0.4 is 25.0 Å². The van der Waals surface area contributed by atoms with Gasteiger partial charge in [0.2, 0.25) is 5.43 Å². The SMILES string of the molecule is COc1cc2nccc(Oc3ccc(NC(=O)c4cn(C)c(C#N)c(-c5ccc(F)cc5)c4=O)cc3F)c2cc1OC. The van der Waals surface area contributed by atoms with Crippen LogP contribution in [-0.4, -0.2) is 29.7 Å². The van der Waals surface area contributed by atoms with Crippen LogP contribution in [0.2, 0.25) is 0 Å². The number of aromatic nitrogens is 2. The van der Waals surface area contributed by atoms with Gasteiger partial charge in [0, 0.05) is 42.6 Å². The number of rotatable bonds is 7. The maximum Gasteiger partial charge on any atom is 0.261 e. The van der Waals surface area contributed by atoms with Crippen molar-refractivity contribution in [2.45, 2.75) is 0 Å². The first kappa shape index (κ1) is 27.8. The van der Waals surface area contributed by atoms with Crippen LogP contribution in [0.25, 0.3) is 22.0 Å². The number of carbonyl (C=O) groups excluding carboxylic acids is 1. The van der Waals surface area contributed by atoms with Gasteiger partial charge in [-0.2, -0.15) is 5.26 Å². The Kier molecular flexibility index (Phi) is 7.53. The number of nitrogens with one attached hydrogen (secondary N) is 1. The second kappa shape index (κ2) is 11.4. The highest BCUT2D eigenvalue weighted by atomic mass is 19.1. The molecule has 0 saturated carbocycles. The molecule has 5 aromatic rings. The predicted octanol–water partition coefficient (Wildman–Crippen LogP) is 5.81. The normalized spacial score (nSPS) is 10.7. The minimum absolute atomic E-state index is 0.00426. The molecule has 42 heavy (non-hydrogen) atoms. The molecule has 9 nitrogen and oxygen atoms in total. The van der Waals surface area contributed by atoms with E-state index in [-0.39, 0.29) is 33.8 Å². The van der Waals surface area contributed by atoms with Crippen molar-refractivity contribution in [3.05, 3.63) is 106 Å². The standard InChI is InChI=1S/C31H22F2N4O5/c1-37-16-21(30(38)29(24(37)15-34)17-4-6-18(32)7-5-17)31(39)36-19-8-9-26(22(33)12-19)42-25-10-11-35-23-14-28(41-3)27(40-2)13-20(23)25/h4-14,16H,1-3H3,(H,36,39). The lowest BCUT2D eigenvalue weighted by Crippen LogP contribution is -2.26. The first-order chi connectivity index (χ1) is 20.2. The van der Waals surface area contributed by atoms with Crippen LogP contribution in [0.4, 0.5) is 14.5 Å². The highest BCUT2D eigenvalue weighted by molar-refractivity contribution is 6.05. The van der Waals surface area contributed by atoms with Crippen LogP contribution in [0.1, 0.15) is 16.1 Å². The van der Waals surface area contributed by atoms with Crippen molar-refractivity contribution in [2.75, 3.05) is 19.5 Å². The van der Waals surface area contributed by atoms with E-state index in [4.69, 9.17) is 14.2 Å². The monoisotopic (exact) mass is 568 g/mol. The zero-order chi connectivity index (χ0) is 30.0. The van der Waals surface area contributed by atoms with Gasteiger partial charge >= 0.3 is 0 Å². The molecule has 0 fully saturated rings. The number of pyridine rings is 2. The summed E-state index contributed by atoms with van der Waals surface area (Å²) in [5.74, 6) is -1.01. The number of carbonyl (C=O) groups is 1. The summed E-state index contributed by atoms with van der Waals surface area (Å²) in [6.45, 7) is 0. The average molecular weight is 569 g/mol. The van der Waals surface area contributed by atoms with Gasteiger partial charge in [0.05, 0.1) is 25.3 Å². The van der Waals surface area contributed by atoms with Crippen molar-refractivity contribution in [2.24, 2.45) is 7.05 Å². The number of fused-ring (bicyclic) bond motifs is 1. The Labute approximate surface area is 238 Å². The van der Waals surface area contributed by atoms with Gasteiger partial charge in [0.15, 0.2) is 23.1 Å². The van der Waals surface area contributed by atoms with Gasteiger partial charge in [-0.15, -0.1) is 0 Å². The summed E-state index contributed by atoms with van der Waals surface area (Å²) < 4.78 is 46.4. The van der Waals surface area contributed by atoms with Gasteiger partial charge in [-0.1, -0.05) is 12.1 Å². The zero-order valence-corrected chi connectivity index (χ0v) is 22.6. The highest BCUT2D eigenvalue weighted by Crippen LogP contribution is 2.37. The second-order valence-corrected chi connectivity index (χ2v) is 9.06. The van der Waals surface area contributed by atoms with Crippen molar-refractivity contribution >= 4 is 22.5 Å². The number of amides is 1. The minimum atomic E-state index is -0.822. The minimum Gasteiger partial charge on any atom is -0.493 e. The molecular weight excluding hydrogens is 546 g/mol. The van der Waals surface area contributed by atoms with E-state index in [1.807, 2.05) is 6.07 Å². The molecule has 1 N–H and O–H groups in total. The number of hydrogen-bond acceptors (Lipinski definition) is 7. The maximum atomic E-state index is 15.1. The van der Waals surface area contributed by atoms with Crippen molar-refractivity contribution < 1.29 is 27.8 Å². The molecule has 5 rings (SSSR count). The molecule has 1 amide bonds. The first-order valence-electron chi connectivity index (χ1n) is 12.4. The van der Waals surface area contributed by atoms with Gasteiger partial charge in [0.1, 0.15) is 28.9 Å². The third-order valence-electron chi connectivity index (χ3n) is 6.48. The molecule has 0 unspecified atom stereocenters. The molecule has 2 heterocycles. The number of benzene rings is 3. The summed E-state index contributed by atoms with van der Waals surface area (Å²) in [4.78, 5) is 30.7. The fraction of sp³-hybridized carbons (Fsp3) is 0.0968. The van der Waals surface area contributed by atoms with Crippen LogP contribution in [0, 0.1) is 23.0 Å². The lowest BCUT2D eigenvalue weighted by molar-refractivity contribution is 0.102. The summed E-state index contributed by atoms with van der Waals surface area (Å²) >= 11 is 0. The number of ether oxygens (including phenoxy) is 3. The van der Waals surface area contributed by atoms with Crippen LogP contribution in [0.15, 0.2) is 77.9 Å². The molecule has 0 radical (unpaired) electrons. The van der Waals surface area contributed by atoms with Gasteiger partial charge < -0.3 is 24.1 Å². The van der Waals surface area contributed by atoms with Gasteiger partial charge in [0.25, 0.3) is 5.91 Å². The average Bonchev–Trinajstić information content (AvgIpc) is 2.99. The smallest absolute Gasteiger partial charge is 0.261 e. The summed E-state index contributed by atoms with van der Waals surface area (Å²) in [7, 11) is 4.50. The third-order valence-corrected chi connectivity index (χ3v) is 6.48. The van der Waals surface area contributed by atoms with E-state index in [9.17, 15) is 19.2 Å². The maximum absolute atomic E-state index is 15.1. The Morgan fingerprint density at radius 3 is 2.33 bits per heavy atom. The number of hydrogen-bond donors (Lipinski definition) is 1. The summed E-state index contributed by atoms with van der Waals surface area (Å²) in [5, 5.41) is 12.7. The molecule has 0 aliphatic heterocycles. The Bertz CT molecular complexity index is 1950. The fourth-order valence-corrected chi connectivity index (χ4v) is 4.43. The molecule has 3 aromatic carbocycles. The van der Waals surface area contributed by atoms with Crippen molar-refractivity contribution in [1.82, 2.24) is 9.55 Å². The Balaban J connectivity index is 1.43. The van der Waals surface area contributed by atoms with Crippen molar-refractivity contribution in [3.8, 4) is 40.2 Å². The molecule has 0 spiro atoms. The molecule has 0 saturated heterocycles. The zero-order valence-electron chi connectivity index (χ0n) is 22.6. The number of halogens is 2. The molecule has 0 bridgehead atoms. The van der Waals surface area contributed by atoms with E-state index in [0.717, 1.165) is 18.2 Å². The highest BCUT2D eigenvalue weighted by Gasteiger charge is 2.21. The van der Waals surface area contributed by atoms with E-state index in [2.05, 4.69) is 10.3 Å². The molecule has 210 valence electrons. The van der Waals surface area contributed by atoms with E-state index < -0.39 is 23.0 Å². The van der Waals surface area contributed by atoms with E-state index in [1.165, 1.54) is 62.5 Å². The lowest BCUT2D eigenvalue weighted by Gasteiger charge is -2.14. The lowest BCUT2D eigenvalue weighted by atomic mass is 10.0. The molecule has 11 heteroatoms. The van der Waals surface area contributed by atoms with E-state index in [1.54, 1.807) is 18.2 Å². The van der Waals surface area contributed by atoms with Crippen molar-refractivity contribution in [1.29, 1.82) is 5.26 Å². The van der Waals surface area contributed by atoms with Gasteiger partial charge in [-0.25, -0.2) is 8.78 Å². The predicted molar refractivity (Wildman–Crippen MR) is 151 cm³/mol. The number of nitriles is 1. The fourth-order valence-electron chi connectivity index (χ4n) is 4.43. The van der Waals surface area contributed by atoms with Crippen LogP contribution >= 0.6 is 0 Å². The van der Waals surface area contributed by atoms with Crippen molar-refractivity contribution in [3.63, 3.8) is 0 Å². The van der Waals surface area contributed by atoms with E-state index in [0.29, 0.717) is 28.2 Å². The third kappa shape index (κ3) is 5.21. The molecule has 2 aromatic heterocycles. The van der Waals surface area contributed by atoms with Crippen LogP contribution in [0.5, 0.6) is 23.0 Å². The first-order valence-corrected chi connectivity index (χ1v) is 12.4. The Morgan fingerprint density at radius 1 is 0.952 bits per heavy atom.